The largest absolute Gasteiger partial charge is 0.398 e. The molecule has 2 atom stereocenters. The second kappa shape index (κ2) is 5.09. The van der Waals surface area contributed by atoms with E-state index in [9.17, 15) is 12.8 Å². The Morgan fingerprint density at radius 2 is 1.84 bits per heavy atom. The Morgan fingerprint density at radius 3 is 2.37 bits per heavy atom. The lowest BCUT2D eigenvalue weighted by molar-refractivity contribution is 0.204. The second-order valence-electron chi connectivity index (χ2n) is 5.12. The highest BCUT2D eigenvalue weighted by molar-refractivity contribution is 7.89. The summed E-state index contributed by atoms with van der Waals surface area (Å²) in [5.74, 6) is -0.787. The molecular weight excluding hydrogens is 267 g/mol. The van der Waals surface area contributed by atoms with Gasteiger partial charge >= 0.3 is 0 Å². The summed E-state index contributed by atoms with van der Waals surface area (Å²) in [7, 11) is -3.89. The summed E-state index contributed by atoms with van der Waals surface area (Å²) in [6.45, 7) is 3.70. The van der Waals surface area contributed by atoms with E-state index in [1.165, 1.54) is 16.4 Å². The summed E-state index contributed by atoms with van der Waals surface area (Å²) in [6, 6.07) is 3.69. The molecule has 0 unspecified atom stereocenters. The lowest BCUT2D eigenvalue weighted by atomic mass is 10.0. The average Bonchev–Trinajstić information content (AvgIpc) is 2.27. The molecule has 1 aliphatic heterocycles. The van der Waals surface area contributed by atoms with Gasteiger partial charge in [0, 0.05) is 12.1 Å². The molecule has 2 N–H and O–H groups in total. The molecule has 1 heterocycles. The topological polar surface area (TPSA) is 63.4 Å². The molecule has 1 saturated heterocycles. The van der Waals surface area contributed by atoms with Crippen molar-refractivity contribution in [3.8, 4) is 0 Å². The van der Waals surface area contributed by atoms with E-state index in [0.717, 1.165) is 25.3 Å². The Hall–Kier alpha value is -1.14. The third kappa shape index (κ3) is 2.47. The molecular formula is C13H19FN2O2S. The van der Waals surface area contributed by atoms with Crippen LogP contribution in [0.2, 0.25) is 0 Å². The lowest BCUT2D eigenvalue weighted by Gasteiger charge is -2.37. The van der Waals surface area contributed by atoms with Crippen LogP contribution in [0.1, 0.15) is 33.1 Å². The fourth-order valence-electron chi connectivity index (χ4n) is 2.77. The number of halogens is 1. The van der Waals surface area contributed by atoms with Gasteiger partial charge in [-0.3, -0.25) is 0 Å². The summed E-state index contributed by atoms with van der Waals surface area (Å²) in [6.07, 6.45) is 2.57. The Labute approximate surface area is 113 Å². The number of sulfonamides is 1. The fraction of sp³-hybridized carbons (Fsp3) is 0.538. The Balaban J connectivity index is 2.53. The van der Waals surface area contributed by atoms with Crippen molar-refractivity contribution < 1.29 is 12.8 Å². The van der Waals surface area contributed by atoms with Gasteiger partial charge in [-0.1, -0.05) is 12.5 Å². The molecule has 1 aliphatic rings. The van der Waals surface area contributed by atoms with Gasteiger partial charge in [-0.05, 0) is 38.8 Å². The summed E-state index contributed by atoms with van der Waals surface area (Å²) in [4.78, 5) is -0.393. The molecule has 0 aromatic heterocycles. The van der Waals surface area contributed by atoms with Crippen molar-refractivity contribution in [3.63, 3.8) is 0 Å². The van der Waals surface area contributed by atoms with Crippen LogP contribution in [0.25, 0.3) is 0 Å². The fourth-order valence-corrected chi connectivity index (χ4v) is 4.82. The van der Waals surface area contributed by atoms with Gasteiger partial charge in [0.15, 0.2) is 0 Å². The van der Waals surface area contributed by atoms with Crippen LogP contribution in [0.4, 0.5) is 10.1 Å². The molecule has 0 amide bonds. The molecule has 1 aromatic rings. The quantitative estimate of drug-likeness (QED) is 0.849. The van der Waals surface area contributed by atoms with Crippen molar-refractivity contribution in [3.05, 3.63) is 24.0 Å². The number of hydrogen-bond donors (Lipinski definition) is 1. The molecule has 0 bridgehead atoms. The Morgan fingerprint density at radius 1 is 1.26 bits per heavy atom. The lowest BCUT2D eigenvalue weighted by Crippen LogP contribution is -2.47. The minimum absolute atomic E-state index is 0.0371. The number of nitrogens with zero attached hydrogens (tertiary/aromatic N) is 1. The molecule has 4 nitrogen and oxygen atoms in total. The zero-order valence-corrected chi connectivity index (χ0v) is 12.0. The van der Waals surface area contributed by atoms with E-state index in [1.807, 2.05) is 13.8 Å². The van der Waals surface area contributed by atoms with Crippen molar-refractivity contribution in [2.45, 2.75) is 50.1 Å². The Kier molecular flexibility index (Phi) is 3.82. The maximum absolute atomic E-state index is 13.9. The molecule has 1 aromatic carbocycles. The number of anilines is 1. The van der Waals surface area contributed by atoms with Gasteiger partial charge in [0.05, 0.1) is 5.69 Å². The third-order valence-corrected chi connectivity index (χ3v) is 5.87. The maximum atomic E-state index is 13.9. The van der Waals surface area contributed by atoms with Crippen molar-refractivity contribution in [2.24, 2.45) is 0 Å². The van der Waals surface area contributed by atoms with Crippen LogP contribution in [0.15, 0.2) is 23.1 Å². The first-order chi connectivity index (χ1) is 8.85. The highest BCUT2D eigenvalue weighted by Gasteiger charge is 2.38. The number of nitrogen functional groups attached to an aromatic ring is 1. The molecule has 0 spiro atoms. The second-order valence-corrected chi connectivity index (χ2v) is 6.90. The van der Waals surface area contributed by atoms with Crippen LogP contribution in [0, 0.1) is 5.82 Å². The molecule has 0 aliphatic carbocycles. The van der Waals surface area contributed by atoms with Crippen LogP contribution in [-0.4, -0.2) is 24.8 Å². The molecule has 106 valence electrons. The van der Waals surface area contributed by atoms with Crippen LogP contribution in [0.3, 0.4) is 0 Å². The first-order valence-corrected chi connectivity index (χ1v) is 7.87. The zero-order chi connectivity index (χ0) is 14.2. The first kappa shape index (κ1) is 14.3. The molecule has 0 radical (unpaired) electrons. The number of nitrogens with two attached hydrogens (primary N) is 1. The van der Waals surface area contributed by atoms with Gasteiger partial charge in [-0.2, -0.15) is 4.31 Å². The molecule has 6 heteroatoms. The van der Waals surface area contributed by atoms with Gasteiger partial charge in [-0.15, -0.1) is 0 Å². The number of hydrogen-bond acceptors (Lipinski definition) is 3. The zero-order valence-electron chi connectivity index (χ0n) is 11.1. The van der Waals surface area contributed by atoms with Gasteiger partial charge in [0.1, 0.15) is 10.7 Å². The Bertz CT molecular complexity index is 544. The maximum Gasteiger partial charge on any atom is 0.248 e. The van der Waals surface area contributed by atoms with Crippen LogP contribution in [0.5, 0.6) is 0 Å². The first-order valence-electron chi connectivity index (χ1n) is 6.43. The minimum Gasteiger partial charge on any atom is -0.398 e. The van der Waals surface area contributed by atoms with Gasteiger partial charge in [0.2, 0.25) is 10.0 Å². The van der Waals surface area contributed by atoms with Crippen LogP contribution < -0.4 is 5.73 Å². The highest BCUT2D eigenvalue weighted by Crippen LogP contribution is 2.32. The normalized spacial score (nSPS) is 25.4. The van der Waals surface area contributed by atoms with E-state index in [0.29, 0.717) is 0 Å². The van der Waals surface area contributed by atoms with Crippen molar-refractivity contribution in [2.75, 3.05) is 5.73 Å². The molecule has 1 fully saturated rings. The summed E-state index contributed by atoms with van der Waals surface area (Å²) >= 11 is 0. The van der Waals surface area contributed by atoms with Crippen LogP contribution >= 0.6 is 0 Å². The molecule has 2 rings (SSSR count). The molecule has 19 heavy (non-hydrogen) atoms. The minimum atomic E-state index is -3.89. The van der Waals surface area contributed by atoms with E-state index in [-0.39, 0.29) is 17.8 Å². The van der Waals surface area contributed by atoms with E-state index >= 15 is 0 Å². The van der Waals surface area contributed by atoms with E-state index in [2.05, 4.69) is 0 Å². The third-order valence-electron chi connectivity index (χ3n) is 3.65. The van der Waals surface area contributed by atoms with Crippen molar-refractivity contribution >= 4 is 15.7 Å². The SMILES string of the molecule is C[C@@H]1CCC[C@H](C)N1S(=O)(=O)c1c(N)cccc1F. The number of benzene rings is 1. The standard InChI is InChI=1S/C13H19FN2O2S/c1-9-5-3-6-10(2)16(9)19(17,18)13-11(14)7-4-8-12(13)15/h4,7-10H,3,5-6,15H2,1-2H3/t9-,10+. The highest BCUT2D eigenvalue weighted by atomic mass is 32.2. The van der Waals surface area contributed by atoms with E-state index in [4.69, 9.17) is 5.73 Å². The van der Waals surface area contributed by atoms with Gasteiger partial charge < -0.3 is 5.73 Å². The predicted octanol–water partition coefficient (Wildman–Crippen LogP) is 2.36. The van der Waals surface area contributed by atoms with Crippen molar-refractivity contribution in [1.82, 2.24) is 4.31 Å². The summed E-state index contributed by atoms with van der Waals surface area (Å²) in [5.41, 5.74) is 5.62. The monoisotopic (exact) mass is 286 g/mol. The van der Waals surface area contributed by atoms with Gasteiger partial charge in [-0.25, -0.2) is 12.8 Å². The van der Waals surface area contributed by atoms with E-state index < -0.39 is 20.7 Å². The predicted molar refractivity (Wildman–Crippen MR) is 72.6 cm³/mol. The number of rotatable bonds is 2. The van der Waals surface area contributed by atoms with E-state index in [1.54, 1.807) is 0 Å². The summed E-state index contributed by atoms with van der Waals surface area (Å²) in [5, 5.41) is 0. The van der Waals surface area contributed by atoms with Crippen LogP contribution in [-0.2, 0) is 10.0 Å². The average molecular weight is 286 g/mol. The van der Waals surface area contributed by atoms with Crippen molar-refractivity contribution in [1.29, 1.82) is 0 Å². The smallest absolute Gasteiger partial charge is 0.248 e. The number of piperidine rings is 1. The van der Waals surface area contributed by atoms with Gasteiger partial charge in [0.25, 0.3) is 0 Å². The molecule has 0 saturated carbocycles. The summed E-state index contributed by atoms with van der Waals surface area (Å²) < 4.78 is 40.6.